The summed E-state index contributed by atoms with van der Waals surface area (Å²) in [5, 5.41) is 0. The Labute approximate surface area is 136 Å². The van der Waals surface area contributed by atoms with Gasteiger partial charge in [0.1, 0.15) is 5.82 Å². The van der Waals surface area contributed by atoms with Crippen LogP contribution in [0.2, 0.25) is 0 Å². The van der Waals surface area contributed by atoms with Crippen molar-refractivity contribution in [2.75, 3.05) is 0 Å². The van der Waals surface area contributed by atoms with Gasteiger partial charge in [-0.25, -0.2) is 4.39 Å². The van der Waals surface area contributed by atoms with E-state index < -0.39 is 0 Å². The molecule has 0 unspecified atom stereocenters. The number of carbonyl (C=O) groups is 1. The number of halogens is 1. The number of allylic oxidation sites excluding steroid dienone is 2. The summed E-state index contributed by atoms with van der Waals surface area (Å²) in [5.41, 5.74) is 4.13. The van der Waals surface area contributed by atoms with Crippen LogP contribution in [-0.4, -0.2) is 5.78 Å². The summed E-state index contributed by atoms with van der Waals surface area (Å²) in [6.07, 6.45) is 4.52. The Balaban J connectivity index is 1.98. The molecule has 0 aromatic heterocycles. The van der Waals surface area contributed by atoms with Crippen LogP contribution in [0.5, 0.6) is 0 Å². The van der Waals surface area contributed by atoms with Gasteiger partial charge in [-0.1, -0.05) is 61.4 Å². The average Bonchev–Trinajstić information content (AvgIpc) is 2.94. The van der Waals surface area contributed by atoms with E-state index in [0.717, 1.165) is 42.4 Å². The molecule has 1 aliphatic carbocycles. The summed E-state index contributed by atoms with van der Waals surface area (Å²) >= 11 is 0. The Morgan fingerprint density at radius 2 is 1.78 bits per heavy atom. The maximum Gasteiger partial charge on any atom is 0.163 e. The molecule has 1 aliphatic rings. The monoisotopic (exact) mass is 308 g/mol. The van der Waals surface area contributed by atoms with Crippen LogP contribution in [0.15, 0.2) is 54.1 Å². The summed E-state index contributed by atoms with van der Waals surface area (Å²) in [7, 11) is 0. The summed E-state index contributed by atoms with van der Waals surface area (Å²) in [6, 6.07) is 14.7. The van der Waals surface area contributed by atoms with E-state index in [-0.39, 0.29) is 11.6 Å². The highest BCUT2D eigenvalue weighted by atomic mass is 19.1. The van der Waals surface area contributed by atoms with Crippen LogP contribution in [0, 0.1) is 5.82 Å². The van der Waals surface area contributed by atoms with E-state index in [4.69, 9.17) is 0 Å². The quantitative estimate of drug-likeness (QED) is 0.682. The van der Waals surface area contributed by atoms with Crippen LogP contribution in [0.3, 0.4) is 0 Å². The number of hydrogen-bond acceptors (Lipinski definition) is 1. The standard InChI is InChI=1S/C21H21FO/c1-2-3-7-16-11-13-20(23)21(16)17-10-12-18(19(22)14-17)15-8-5-4-6-9-15/h4-6,8-10,12,14H,2-3,7,11,13H2,1H3. The first-order valence-electron chi connectivity index (χ1n) is 8.31. The molecular formula is C21H21FO. The summed E-state index contributed by atoms with van der Waals surface area (Å²) in [4.78, 5) is 12.2. The minimum absolute atomic E-state index is 0.156. The predicted octanol–water partition coefficient (Wildman–Crippen LogP) is 5.80. The molecule has 118 valence electrons. The molecular weight excluding hydrogens is 287 g/mol. The van der Waals surface area contributed by atoms with Gasteiger partial charge in [0.25, 0.3) is 0 Å². The van der Waals surface area contributed by atoms with E-state index in [1.807, 2.05) is 36.4 Å². The van der Waals surface area contributed by atoms with Gasteiger partial charge in [0.2, 0.25) is 0 Å². The third kappa shape index (κ3) is 3.26. The largest absolute Gasteiger partial charge is 0.294 e. The fraction of sp³-hybridized carbons (Fsp3) is 0.286. The van der Waals surface area contributed by atoms with Gasteiger partial charge in [-0.3, -0.25) is 4.79 Å². The zero-order valence-electron chi connectivity index (χ0n) is 13.4. The van der Waals surface area contributed by atoms with Gasteiger partial charge in [-0.2, -0.15) is 0 Å². The van der Waals surface area contributed by atoms with Gasteiger partial charge in [0, 0.05) is 17.6 Å². The smallest absolute Gasteiger partial charge is 0.163 e. The highest BCUT2D eigenvalue weighted by molar-refractivity contribution is 6.23. The van der Waals surface area contributed by atoms with Crippen molar-refractivity contribution in [1.82, 2.24) is 0 Å². The zero-order chi connectivity index (χ0) is 16.2. The lowest BCUT2D eigenvalue weighted by Gasteiger charge is -2.09. The van der Waals surface area contributed by atoms with Crippen LogP contribution in [0.4, 0.5) is 4.39 Å². The van der Waals surface area contributed by atoms with Crippen molar-refractivity contribution < 1.29 is 9.18 Å². The fourth-order valence-corrected chi connectivity index (χ4v) is 3.24. The fourth-order valence-electron chi connectivity index (χ4n) is 3.24. The molecule has 0 bridgehead atoms. The Morgan fingerprint density at radius 3 is 2.48 bits per heavy atom. The van der Waals surface area contributed by atoms with Gasteiger partial charge in [0.15, 0.2) is 5.78 Å². The number of unbranched alkanes of at least 4 members (excludes halogenated alkanes) is 1. The first-order chi connectivity index (χ1) is 11.2. The second-order valence-corrected chi connectivity index (χ2v) is 6.07. The minimum Gasteiger partial charge on any atom is -0.294 e. The molecule has 23 heavy (non-hydrogen) atoms. The Hall–Kier alpha value is -2.22. The molecule has 0 radical (unpaired) electrons. The molecule has 2 aromatic carbocycles. The molecule has 0 saturated heterocycles. The van der Waals surface area contributed by atoms with Crippen LogP contribution < -0.4 is 0 Å². The highest BCUT2D eigenvalue weighted by Gasteiger charge is 2.24. The third-order valence-corrected chi connectivity index (χ3v) is 4.46. The molecule has 0 saturated carbocycles. The lowest BCUT2D eigenvalue weighted by atomic mass is 9.95. The van der Waals surface area contributed by atoms with Gasteiger partial charge >= 0.3 is 0 Å². The molecule has 2 aromatic rings. The van der Waals surface area contributed by atoms with Crippen LogP contribution >= 0.6 is 0 Å². The molecule has 2 heteroatoms. The van der Waals surface area contributed by atoms with E-state index in [1.54, 1.807) is 6.07 Å². The number of ketones is 1. The lowest BCUT2D eigenvalue weighted by Crippen LogP contribution is -1.98. The second kappa shape index (κ2) is 6.91. The lowest BCUT2D eigenvalue weighted by molar-refractivity contribution is -0.113. The molecule has 3 rings (SSSR count). The molecule has 0 fully saturated rings. The van der Waals surface area contributed by atoms with E-state index in [2.05, 4.69) is 6.92 Å². The number of rotatable bonds is 5. The summed E-state index contributed by atoms with van der Waals surface area (Å²) in [5.74, 6) is -0.112. The molecule has 0 N–H and O–H groups in total. The Bertz CT molecular complexity index is 744. The van der Waals surface area contributed by atoms with Gasteiger partial charge in [0.05, 0.1) is 0 Å². The molecule has 0 aliphatic heterocycles. The van der Waals surface area contributed by atoms with Gasteiger partial charge in [-0.15, -0.1) is 0 Å². The number of carbonyl (C=O) groups excluding carboxylic acids is 1. The molecule has 0 heterocycles. The van der Waals surface area contributed by atoms with Crippen molar-refractivity contribution in [1.29, 1.82) is 0 Å². The van der Waals surface area contributed by atoms with E-state index in [9.17, 15) is 9.18 Å². The molecule has 1 nitrogen and oxygen atoms in total. The van der Waals surface area contributed by atoms with Crippen molar-refractivity contribution in [3.63, 3.8) is 0 Å². The molecule has 0 amide bonds. The van der Waals surface area contributed by atoms with Crippen molar-refractivity contribution in [2.45, 2.75) is 39.0 Å². The SMILES string of the molecule is CCCCC1=C(c2ccc(-c3ccccc3)c(F)c2)C(=O)CC1. The second-order valence-electron chi connectivity index (χ2n) is 6.07. The molecule has 0 atom stereocenters. The van der Waals surface area contributed by atoms with E-state index in [0.29, 0.717) is 12.0 Å². The van der Waals surface area contributed by atoms with E-state index in [1.165, 1.54) is 11.6 Å². The predicted molar refractivity (Wildman–Crippen MR) is 92.5 cm³/mol. The van der Waals surface area contributed by atoms with Gasteiger partial charge in [-0.05, 0) is 36.5 Å². The topological polar surface area (TPSA) is 17.1 Å². The van der Waals surface area contributed by atoms with Crippen LogP contribution in [-0.2, 0) is 4.79 Å². The van der Waals surface area contributed by atoms with Crippen molar-refractivity contribution >= 4 is 11.4 Å². The summed E-state index contributed by atoms with van der Waals surface area (Å²) in [6.45, 7) is 2.14. The zero-order valence-corrected chi connectivity index (χ0v) is 13.4. The highest BCUT2D eigenvalue weighted by Crippen LogP contribution is 2.35. The minimum atomic E-state index is -0.268. The number of hydrogen-bond donors (Lipinski definition) is 0. The summed E-state index contributed by atoms with van der Waals surface area (Å²) < 4.78 is 14.6. The van der Waals surface area contributed by atoms with Crippen molar-refractivity contribution in [3.8, 4) is 11.1 Å². The Kier molecular flexibility index (Phi) is 4.71. The number of benzene rings is 2. The van der Waals surface area contributed by atoms with Crippen molar-refractivity contribution in [2.24, 2.45) is 0 Å². The van der Waals surface area contributed by atoms with Crippen LogP contribution in [0.1, 0.15) is 44.6 Å². The number of Topliss-reactive ketones (excluding diaryl/α,β-unsaturated/α-hetero) is 1. The van der Waals surface area contributed by atoms with E-state index >= 15 is 0 Å². The maximum absolute atomic E-state index is 14.6. The average molecular weight is 308 g/mol. The third-order valence-electron chi connectivity index (χ3n) is 4.46. The van der Waals surface area contributed by atoms with Crippen molar-refractivity contribution in [3.05, 3.63) is 65.5 Å². The van der Waals surface area contributed by atoms with Crippen LogP contribution in [0.25, 0.3) is 16.7 Å². The normalized spacial score (nSPS) is 14.6. The maximum atomic E-state index is 14.6. The first-order valence-corrected chi connectivity index (χ1v) is 8.31. The molecule has 0 spiro atoms. The van der Waals surface area contributed by atoms with Gasteiger partial charge < -0.3 is 0 Å². The Morgan fingerprint density at radius 1 is 1.00 bits per heavy atom. The first kappa shape index (κ1) is 15.7.